The van der Waals surface area contributed by atoms with E-state index in [9.17, 15) is 9.90 Å². The van der Waals surface area contributed by atoms with Crippen LogP contribution in [0.1, 0.15) is 34.3 Å². The van der Waals surface area contributed by atoms with Crippen LogP contribution in [0.2, 0.25) is 0 Å². The summed E-state index contributed by atoms with van der Waals surface area (Å²) < 4.78 is 5.33. The summed E-state index contributed by atoms with van der Waals surface area (Å²) in [6.45, 7) is 4.91. The van der Waals surface area contributed by atoms with Crippen molar-refractivity contribution in [2.24, 2.45) is 0 Å². The summed E-state index contributed by atoms with van der Waals surface area (Å²) in [5, 5.41) is 9.72. The molecule has 0 aromatic heterocycles. The van der Waals surface area contributed by atoms with Crippen LogP contribution in [0.5, 0.6) is 5.75 Å². The number of benzene rings is 1. The van der Waals surface area contributed by atoms with Crippen molar-refractivity contribution in [1.29, 1.82) is 0 Å². The van der Waals surface area contributed by atoms with E-state index in [2.05, 4.69) is 0 Å². The van der Waals surface area contributed by atoms with E-state index in [1.807, 2.05) is 19.9 Å². The molecule has 0 amide bonds. The molecule has 0 unspecified atom stereocenters. The Bertz CT molecular complexity index is 477. The van der Waals surface area contributed by atoms with E-state index in [1.54, 1.807) is 12.1 Å². The summed E-state index contributed by atoms with van der Waals surface area (Å²) in [6, 6.07) is 3.49. The van der Waals surface area contributed by atoms with Gasteiger partial charge in [-0.25, -0.2) is 0 Å². The fraction of sp³-hybridized carbons (Fsp3) is 0.400. The van der Waals surface area contributed by atoms with Crippen molar-refractivity contribution in [2.45, 2.75) is 26.7 Å². The molecular weight excluding hydrogens is 228 g/mol. The molecule has 1 aromatic rings. The molecule has 0 saturated carbocycles. The van der Waals surface area contributed by atoms with Crippen molar-refractivity contribution in [3.05, 3.63) is 40.5 Å². The molecule has 3 nitrogen and oxygen atoms in total. The third kappa shape index (κ3) is 2.62. The minimum Gasteiger partial charge on any atom is -0.507 e. The number of carbonyl (C=O) groups is 1. The van der Waals surface area contributed by atoms with Crippen LogP contribution in [0, 0.1) is 13.8 Å². The SMILES string of the molecule is Cc1cc(C(=O)C2=CCCOCC2)cc(C)c1O. The van der Waals surface area contributed by atoms with Crippen molar-refractivity contribution in [3.8, 4) is 5.75 Å². The van der Waals surface area contributed by atoms with Crippen LogP contribution in [0.3, 0.4) is 0 Å². The van der Waals surface area contributed by atoms with Crippen LogP contribution in [-0.4, -0.2) is 24.1 Å². The lowest BCUT2D eigenvalue weighted by molar-refractivity contribution is 0.102. The molecule has 1 aliphatic heterocycles. The number of aromatic hydroxyl groups is 1. The Hall–Kier alpha value is -1.61. The molecule has 0 spiro atoms. The number of hydrogen-bond acceptors (Lipinski definition) is 3. The maximum absolute atomic E-state index is 12.4. The number of aryl methyl sites for hydroxylation is 2. The van der Waals surface area contributed by atoms with Crippen molar-refractivity contribution in [2.75, 3.05) is 13.2 Å². The zero-order valence-electron chi connectivity index (χ0n) is 10.8. The summed E-state index contributed by atoms with van der Waals surface area (Å²) in [7, 11) is 0. The molecule has 0 bridgehead atoms. The third-order valence-electron chi connectivity index (χ3n) is 3.21. The summed E-state index contributed by atoms with van der Waals surface area (Å²) in [4.78, 5) is 12.4. The summed E-state index contributed by atoms with van der Waals surface area (Å²) in [5.41, 5.74) is 2.94. The van der Waals surface area contributed by atoms with Crippen LogP contribution in [0.25, 0.3) is 0 Å². The van der Waals surface area contributed by atoms with Gasteiger partial charge in [0.2, 0.25) is 0 Å². The average molecular weight is 246 g/mol. The first-order chi connectivity index (χ1) is 8.59. The van der Waals surface area contributed by atoms with Gasteiger partial charge in [0.05, 0.1) is 13.2 Å². The molecule has 1 aliphatic rings. The first-order valence-electron chi connectivity index (χ1n) is 6.21. The molecule has 0 atom stereocenters. The number of ketones is 1. The Morgan fingerprint density at radius 1 is 1.22 bits per heavy atom. The quantitative estimate of drug-likeness (QED) is 0.816. The Morgan fingerprint density at radius 2 is 1.89 bits per heavy atom. The van der Waals surface area contributed by atoms with Crippen LogP contribution in [-0.2, 0) is 4.74 Å². The highest BCUT2D eigenvalue weighted by Gasteiger charge is 2.15. The maximum Gasteiger partial charge on any atom is 0.188 e. The van der Waals surface area contributed by atoms with Crippen molar-refractivity contribution >= 4 is 5.78 Å². The van der Waals surface area contributed by atoms with Gasteiger partial charge < -0.3 is 9.84 Å². The minimum absolute atomic E-state index is 0.0479. The molecule has 1 heterocycles. The number of rotatable bonds is 2. The van der Waals surface area contributed by atoms with Crippen LogP contribution in [0.15, 0.2) is 23.8 Å². The van der Waals surface area contributed by atoms with Crippen molar-refractivity contribution < 1.29 is 14.6 Å². The fourth-order valence-corrected chi connectivity index (χ4v) is 2.18. The normalized spacial score (nSPS) is 16.0. The highest BCUT2D eigenvalue weighted by molar-refractivity contribution is 6.09. The minimum atomic E-state index is 0.0479. The Balaban J connectivity index is 2.31. The van der Waals surface area contributed by atoms with E-state index >= 15 is 0 Å². The van der Waals surface area contributed by atoms with Gasteiger partial charge in [-0.2, -0.15) is 0 Å². The lowest BCUT2D eigenvalue weighted by Crippen LogP contribution is -2.06. The average Bonchev–Trinajstić information content (AvgIpc) is 2.63. The molecule has 1 N–H and O–H groups in total. The Morgan fingerprint density at radius 3 is 2.56 bits per heavy atom. The van der Waals surface area contributed by atoms with Gasteiger partial charge in [-0.15, -0.1) is 0 Å². The highest BCUT2D eigenvalue weighted by atomic mass is 16.5. The molecule has 0 aliphatic carbocycles. The third-order valence-corrected chi connectivity index (χ3v) is 3.21. The van der Waals surface area contributed by atoms with E-state index < -0.39 is 0 Å². The summed E-state index contributed by atoms with van der Waals surface area (Å²) >= 11 is 0. The van der Waals surface area contributed by atoms with Crippen molar-refractivity contribution in [1.82, 2.24) is 0 Å². The molecule has 1 aromatic carbocycles. The summed E-state index contributed by atoms with van der Waals surface area (Å²) in [6.07, 6.45) is 3.42. The molecule has 18 heavy (non-hydrogen) atoms. The van der Waals surface area contributed by atoms with E-state index in [4.69, 9.17) is 4.74 Å². The summed E-state index contributed by atoms with van der Waals surface area (Å²) in [5.74, 6) is 0.316. The molecule has 0 saturated heterocycles. The second-order valence-corrected chi connectivity index (χ2v) is 4.67. The van der Waals surface area contributed by atoms with E-state index in [0.717, 1.165) is 23.1 Å². The van der Waals surface area contributed by atoms with Gasteiger partial charge in [0.25, 0.3) is 0 Å². The zero-order valence-corrected chi connectivity index (χ0v) is 10.8. The molecular formula is C15H18O3. The van der Waals surface area contributed by atoms with Gasteiger partial charge in [-0.3, -0.25) is 4.79 Å². The van der Waals surface area contributed by atoms with Crippen LogP contribution >= 0.6 is 0 Å². The zero-order chi connectivity index (χ0) is 13.1. The molecule has 3 heteroatoms. The van der Waals surface area contributed by atoms with Gasteiger partial charge in [0.15, 0.2) is 5.78 Å². The Labute approximate surface area is 107 Å². The van der Waals surface area contributed by atoms with Gasteiger partial charge in [0, 0.05) is 5.56 Å². The fourth-order valence-electron chi connectivity index (χ4n) is 2.18. The number of carbonyl (C=O) groups excluding carboxylic acids is 1. The predicted octanol–water partition coefficient (Wildman–Crippen LogP) is 2.93. The number of Topliss-reactive ketones (excluding diaryl/α,β-unsaturated/α-hetero) is 1. The lowest BCUT2D eigenvalue weighted by Gasteiger charge is -2.09. The van der Waals surface area contributed by atoms with Crippen LogP contribution in [0.4, 0.5) is 0 Å². The van der Waals surface area contributed by atoms with Gasteiger partial charge in [-0.1, -0.05) is 6.08 Å². The molecule has 96 valence electrons. The second kappa shape index (κ2) is 5.36. The highest BCUT2D eigenvalue weighted by Crippen LogP contribution is 2.25. The largest absolute Gasteiger partial charge is 0.507 e. The monoisotopic (exact) mass is 246 g/mol. The van der Waals surface area contributed by atoms with E-state index in [1.165, 1.54) is 0 Å². The van der Waals surface area contributed by atoms with Gasteiger partial charge in [0.1, 0.15) is 5.75 Å². The smallest absolute Gasteiger partial charge is 0.188 e. The standard InChI is InChI=1S/C15H18O3/c1-10-8-13(9-11(2)14(10)16)15(17)12-4-3-6-18-7-5-12/h4,8-9,16H,3,5-7H2,1-2H3. The van der Waals surface area contributed by atoms with Crippen molar-refractivity contribution in [3.63, 3.8) is 0 Å². The molecule has 0 fully saturated rings. The van der Waals surface area contributed by atoms with Gasteiger partial charge >= 0.3 is 0 Å². The number of phenols is 1. The maximum atomic E-state index is 12.4. The van der Waals surface area contributed by atoms with Gasteiger partial charge in [-0.05, 0) is 55.5 Å². The van der Waals surface area contributed by atoms with E-state index in [0.29, 0.717) is 25.2 Å². The topological polar surface area (TPSA) is 46.5 Å². The predicted molar refractivity (Wildman–Crippen MR) is 70.0 cm³/mol. The number of phenolic OH excluding ortho intramolecular Hbond substituents is 1. The lowest BCUT2D eigenvalue weighted by atomic mass is 9.96. The Kier molecular flexibility index (Phi) is 3.82. The first-order valence-corrected chi connectivity index (χ1v) is 6.21. The number of hydrogen-bond donors (Lipinski definition) is 1. The molecule has 0 radical (unpaired) electrons. The second-order valence-electron chi connectivity index (χ2n) is 4.67. The first kappa shape index (κ1) is 12.8. The molecule has 2 rings (SSSR count). The number of ether oxygens (including phenoxy) is 1. The van der Waals surface area contributed by atoms with E-state index in [-0.39, 0.29) is 11.5 Å². The van der Waals surface area contributed by atoms with Crippen LogP contribution < -0.4 is 0 Å².